The summed E-state index contributed by atoms with van der Waals surface area (Å²) < 4.78 is 18.3. The van der Waals surface area contributed by atoms with Crippen LogP contribution in [0.25, 0.3) is 0 Å². The molecule has 0 bridgehead atoms. The van der Waals surface area contributed by atoms with Crippen molar-refractivity contribution in [1.82, 2.24) is 10.2 Å². The van der Waals surface area contributed by atoms with Gasteiger partial charge in [0.25, 0.3) is 0 Å². The second kappa shape index (κ2) is 10.7. The number of ether oxygens (including phenoxy) is 1. The van der Waals surface area contributed by atoms with E-state index >= 15 is 0 Å². The van der Waals surface area contributed by atoms with Gasteiger partial charge in [-0.05, 0) is 48.4 Å². The Morgan fingerprint density at radius 3 is 2.32 bits per heavy atom. The molecule has 1 heterocycles. The van der Waals surface area contributed by atoms with Crippen LogP contribution in [0.5, 0.6) is 5.75 Å². The third kappa shape index (κ3) is 6.10. The van der Waals surface area contributed by atoms with Gasteiger partial charge in [-0.2, -0.15) is 0 Å². The summed E-state index contributed by atoms with van der Waals surface area (Å²) in [5.41, 5.74) is 7.64. The summed E-state index contributed by atoms with van der Waals surface area (Å²) in [5.74, 6) is 0.488. The molecule has 1 aliphatic rings. The van der Waals surface area contributed by atoms with E-state index in [0.717, 1.165) is 49.1 Å². The minimum Gasteiger partial charge on any atom is -0.497 e. The van der Waals surface area contributed by atoms with Crippen LogP contribution in [0.3, 0.4) is 0 Å². The van der Waals surface area contributed by atoms with Gasteiger partial charge in [0.2, 0.25) is 5.91 Å². The fraction of sp³-hybridized carbons (Fsp3) is 0.391. The number of piperazine rings is 1. The molecular weight excluding hydrogens is 397 g/mol. The largest absolute Gasteiger partial charge is 0.497 e. The van der Waals surface area contributed by atoms with Crippen molar-refractivity contribution in [3.63, 3.8) is 0 Å². The normalized spacial score (nSPS) is 15.5. The lowest BCUT2D eigenvalue weighted by Crippen LogP contribution is -2.53. The van der Waals surface area contributed by atoms with Gasteiger partial charge in [0.05, 0.1) is 13.0 Å². The van der Waals surface area contributed by atoms with E-state index in [1.807, 2.05) is 12.1 Å². The number of anilines is 1. The number of nitrogens with two attached hydrogens (primary N) is 1. The molecule has 0 aromatic heterocycles. The Labute approximate surface area is 182 Å². The number of carbonyl (C=O) groups excluding carboxylic acids is 1. The van der Waals surface area contributed by atoms with E-state index in [0.29, 0.717) is 13.0 Å². The van der Waals surface area contributed by atoms with Gasteiger partial charge in [-0.15, -0.1) is 0 Å². The molecule has 7 nitrogen and oxygen atoms in total. The summed E-state index contributed by atoms with van der Waals surface area (Å²) in [6.07, 6.45) is 0.449. The fourth-order valence-corrected chi connectivity index (χ4v) is 3.69. The van der Waals surface area contributed by atoms with Gasteiger partial charge in [0.1, 0.15) is 11.6 Å². The van der Waals surface area contributed by atoms with Crippen molar-refractivity contribution < 1.29 is 13.9 Å². The molecule has 1 unspecified atom stereocenters. The Morgan fingerprint density at radius 1 is 1.13 bits per heavy atom. The van der Waals surface area contributed by atoms with Crippen LogP contribution in [0.1, 0.15) is 5.56 Å². The third-order valence-corrected chi connectivity index (χ3v) is 5.53. The van der Waals surface area contributed by atoms with Crippen LogP contribution in [-0.2, 0) is 11.2 Å². The molecule has 1 atom stereocenters. The van der Waals surface area contributed by atoms with Crippen molar-refractivity contribution in [1.29, 1.82) is 0 Å². The first-order valence-corrected chi connectivity index (χ1v) is 10.4. The van der Waals surface area contributed by atoms with Crippen molar-refractivity contribution in [2.45, 2.75) is 6.42 Å². The maximum atomic E-state index is 13.1. The van der Waals surface area contributed by atoms with Gasteiger partial charge in [-0.3, -0.25) is 9.79 Å². The first-order chi connectivity index (χ1) is 15.0. The number of carbonyl (C=O) groups is 1. The van der Waals surface area contributed by atoms with Gasteiger partial charge < -0.3 is 25.6 Å². The summed E-state index contributed by atoms with van der Waals surface area (Å²) in [6, 6.07) is 14.2. The number of primary amides is 1. The molecule has 1 amide bonds. The molecule has 0 radical (unpaired) electrons. The Hall–Kier alpha value is -3.29. The average molecular weight is 428 g/mol. The van der Waals surface area contributed by atoms with E-state index in [1.165, 1.54) is 12.1 Å². The third-order valence-electron chi connectivity index (χ3n) is 5.53. The molecule has 1 fully saturated rings. The highest BCUT2D eigenvalue weighted by Crippen LogP contribution is 2.20. The average Bonchev–Trinajstić information content (AvgIpc) is 2.80. The maximum Gasteiger partial charge on any atom is 0.222 e. The molecule has 1 aliphatic heterocycles. The summed E-state index contributed by atoms with van der Waals surface area (Å²) >= 11 is 0. The topological polar surface area (TPSA) is 83.2 Å². The van der Waals surface area contributed by atoms with Gasteiger partial charge in [0.15, 0.2) is 5.96 Å². The lowest BCUT2D eigenvalue weighted by atomic mass is 9.98. The Morgan fingerprint density at radius 2 is 1.77 bits per heavy atom. The Bertz CT molecular complexity index is 878. The zero-order valence-electron chi connectivity index (χ0n) is 18.1. The molecule has 3 N–H and O–H groups in total. The van der Waals surface area contributed by atoms with Gasteiger partial charge in [-0.1, -0.05) is 12.1 Å². The maximum absolute atomic E-state index is 13.1. The quantitative estimate of drug-likeness (QED) is 0.521. The number of halogens is 1. The smallest absolute Gasteiger partial charge is 0.222 e. The van der Waals surface area contributed by atoms with Crippen LogP contribution in [0.2, 0.25) is 0 Å². The molecule has 2 aromatic rings. The lowest BCUT2D eigenvalue weighted by molar-refractivity contribution is -0.121. The number of hydrogen-bond donors (Lipinski definition) is 2. The van der Waals surface area contributed by atoms with E-state index in [2.05, 4.69) is 32.2 Å². The van der Waals surface area contributed by atoms with Crippen molar-refractivity contribution in [3.8, 4) is 5.75 Å². The molecule has 0 saturated carbocycles. The standard InChI is InChI=1S/C23H30FN5O2/c1-26-23(27-16-18(22(25)30)15-17-3-5-19(24)6-4-17)29-13-11-28(12-14-29)20-7-9-21(31-2)10-8-20/h3-10,18H,11-16H2,1-2H3,(H2,25,30)(H,26,27). The molecule has 1 saturated heterocycles. The number of hydrogen-bond acceptors (Lipinski definition) is 4. The highest BCUT2D eigenvalue weighted by molar-refractivity contribution is 5.82. The molecule has 166 valence electrons. The zero-order valence-corrected chi connectivity index (χ0v) is 18.1. The monoisotopic (exact) mass is 427 g/mol. The van der Waals surface area contributed by atoms with Crippen LogP contribution in [-0.4, -0.2) is 63.6 Å². The highest BCUT2D eigenvalue weighted by Gasteiger charge is 2.22. The highest BCUT2D eigenvalue weighted by atomic mass is 19.1. The van der Waals surface area contributed by atoms with E-state index in [4.69, 9.17) is 10.5 Å². The predicted molar refractivity (Wildman–Crippen MR) is 121 cm³/mol. The molecule has 0 aliphatic carbocycles. The van der Waals surface area contributed by atoms with Gasteiger partial charge >= 0.3 is 0 Å². The lowest BCUT2D eigenvalue weighted by Gasteiger charge is -2.38. The van der Waals surface area contributed by atoms with Crippen LogP contribution in [0.15, 0.2) is 53.5 Å². The van der Waals surface area contributed by atoms with E-state index < -0.39 is 11.8 Å². The SMILES string of the molecule is CN=C(NCC(Cc1ccc(F)cc1)C(N)=O)N1CCN(c2ccc(OC)cc2)CC1. The minimum absolute atomic E-state index is 0.299. The number of amides is 1. The number of nitrogens with zero attached hydrogens (tertiary/aromatic N) is 3. The first-order valence-electron chi connectivity index (χ1n) is 10.4. The Kier molecular flexibility index (Phi) is 7.70. The molecule has 31 heavy (non-hydrogen) atoms. The van der Waals surface area contributed by atoms with Crippen LogP contribution >= 0.6 is 0 Å². The number of guanidine groups is 1. The molecule has 8 heteroatoms. The molecular formula is C23H30FN5O2. The van der Waals surface area contributed by atoms with E-state index in [-0.39, 0.29) is 5.82 Å². The number of nitrogens with one attached hydrogen (secondary N) is 1. The van der Waals surface area contributed by atoms with Crippen molar-refractivity contribution >= 4 is 17.6 Å². The van der Waals surface area contributed by atoms with Gasteiger partial charge in [-0.25, -0.2) is 4.39 Å². The van der Waals surface area contributed by atoms with Crippen LogP contribution < -0.4 is 20.7 Å². The molecule has 2 aromatic carbocycles. The van der Waals surface area contributed by atoms with Gasteiger partial charge in [0, 0.05) is 45.5 Å². The second-order valence-electron chi connectivity index (χ2n) is 7.53. The number of aliphatic imine (C=N–C) groups is 1. The van der Waals surface area contributed by atoms with E-state index in [9.17, 15) is 9.18 Å². The molecule has 0 spiro atoms. The first kappa shape index (κ1) is 22.4. The van der Waals surface area contributed by atoms with Crippen molar-refractivity contribution in [3.05, 3.63) is 59.9 Å². The van der Waals surface area contributed by atoms with Crippen molar-refractivity contribution in [2.75, 3.05) is 51.8 Å². The summed E-state index contributed by atoms with van der Waals surface area (Å²) in [4.78, 5) is 20.8. The Balaban J connectivity index is 1.53. The zero-order chi connectivity index (χ0) is 22.2. The molecule has 3 rings (SSSR count). The summed E-state index contributed by atoms with van der Waals surface area (Å²) in [6.45, 7) is 3.72. The summed E-state index contributed by atoms with van der Waals surface area (Å²) in [5, 5.41) is 3.29. The number of methoxy groups -OCH3 is 1. The number of rotatable bonds is 7. The predicted octanol–water partition coefficient (Wildman–Crippen LogP) is 1.88. The second-order valence-corrected chi connectivity index (χ2v) is 7.53. The number of benzene rings is 2. The van der Waals surface area contributed by atoms with E-state index in [1.54, 1.807) is 26.3 Å². The summed E-state index contributed by atoms with van der Waals surface area (Å²) in [7, 11) is 3.40. The fourth-order valence-electron chi connectivity index (χ4n) is 3.69. The van der Waals surface area contributed by atoms with Crippen LogP contribution in [0, 0.1) is 11.7 Å². The minimum atomic E-state index is -0.414. The van der Waals surface area contributed by atoms with Crippen LogP contribution in [0.4, 0.5) is 10.1 Å². The van der Waals surface area contributed by atoms with Crippen molar-refractivity contribution in [2.24, 2.45) is 16.6 Å².